The van der Waals surface area contributed by atoms with Crippen LogP contribution in [0.2, 0.25) is 0 Å². The molecule has 7 nitrogen and oxygen atoms in total. The minimum Gasteiger partial charge on any atom is -0.378 e. The lowest BCUT2D eigenvalue weighted by Gasteiger charge is -2.28. The minimum atomic E-state index is -4.44. The molecular formula is C18H22F3N5O2S. The third-order valence-electron chi connectivity index (χ3n) is 4.34. The van der Waals surface area contributed by atoms with E-state index in [0.29, 0.717) is 37.4 Å². The highest BCUT2D eigenvalue weighted by Crippen LogP contribution is 2.29. The van der Waals surface area contributed by atoms with Gasteiger partial charge in [0.25, 0.3) is 0 Å². The maximum Gasteiger partial charge on any atom is 0.405 e. The number of hydrogen-bond donors (Lipinski definition) is 1. The van der Waals surface area contributed by atoms with Gasteiger partial charge in [-0.25, -0.2) is 0 Å². The number of amides is 1. The summed E-state index contributed by atoms with van der Waals surface area (Å²) in [4.78, 5) is 13.9. The highest BCUT2D eigenvalue weighted by molar-refractivity contribution is 7.99. The van der Waals surface area contributed by atoms with Gasteiger partial charge in [0.2, 0.25) is 11.9 Å². The first-order valence-electron chi connectivity index (χ1n) is 9.21. The summed E-state index contributed by atoms with van der Waals surface area (Å²) in [6, 6.07) is 7.80. The Kier molecular flexibility index (Phi) is 7.01. The van der Waals surface area contributed by atoms with E-state index in [1.54, 1.807) is 0 Å². The molecule has 0 spiro atoms. The highest BCUT2D eigenvalue weighted by Gasteiger charge is 2.28. The number of aromatic nitrogens is 3. The van der Waals surface area contributed by atoms with Crippen molar-refractivity contribution in [3.63, 3.8) is 0 Å². The lowest BCUT2D eigenvalue weighted by atomic mass is 10.1. The van der Waals surface area contributed by atoms with Crippen molar-refractivity contribution in [3.8, 4) is 5.69 Å². The molecule has 0 aliphatic carbocycles. The molecule has 1 amide bonds. The third kappa shape index (κ3) is 5.63. The van der Waals surface area contributed by atoms with Crippen LogP contribution in [0.25, 0.3) is 5.69 Å². The van der Waals surface area contributed by atoms with Gasteiger partial charge in [-0.3, -0.25) is 9.36 Å². The third-order valence-corrected chi connectivity index (χ3v) is 5.27. The largest absolute Gasteiger partial charge is 0.405 e. The fourth-order valence-corrected chi connectivity index (χ4v) is 3.71. The number of halogens is 3. The number of ether oxygens (including phenoxy) is 1. The van der Waals surface area contributed by atoms with Crippen LogP contribution in [0.3, 0.4) is 0 Å². The van der Waals surface area contributed by atoms with Crippen LogP contribution in [-0.4, -0.2) is 65.4 Å². The van der Waals surface area contributed by atoms with Gasteiger partial charge in [-0.1, -0.05) is 36.9 Å². The second-order valence-corrected chi connectivity index (χ2v) is 7.32. The number of benzene rings is 1. The van der Waals surface area contributed by atoms with E-state index in [2.05, 4.69) is 15.1 Å². The molecule has 2 heterocycles. The van der Waals surface area contributed by atoms with Crippen LogP contribution in [0, 0.1) is 0 Å². The number of anilines is 1. The zero-order chi connectivity index (χ0) is 20.9. The Morgan fingerprint density at radius 2 is 1.97 bits per heavy atom. The number of aryl methyl sites for hydroxylation is 1. The molecule has 2 aromatic rings. The fourth-order valence-electron chi connectivity index (χ4n) is 2.94. The zero-order valence-corrected chi connectivity index (χ0v) is 16.7. The number of carbonyl (C=O) groups excluding carboxylic acids is 1. The molecule has 3 rings (SSSR count). The molecule has 0 saturated carbocycles. The fraction of sp³-hybridized carbons (Fsp3) is 0.500. The number of thioether (sulfide) groups is 1. The minimum absolute atomic E-state index is 0.189. The van der Waals surface area contributed by atoms with Gasteiger partial charge in [0.15, 0.2) is 5.16 Å². The predicted molar refractivity (Wildman–Crippen MR) is 104 cm³/mol. The second-order valence-electron chi connectivity index (χ2n) is 6.38. The van der Waals surface area contributed by atoms with Crippen LogP contribution >= 0.6 is 11.8 Å². The zero-order valence-electron chi connectivity index (χ0n) is 15.9. The van der Waals surface area contributed by atoms with E-state index in [9.17, 15) is 18.0 Å². The summed E-state index contributed by atoms with van der Waals surface area (Å²) in [7, 11) is 0. The molecule has 1 aromatic carbocycles. The van der Waals surface area contributed by atoms with E-state index in [1.165, 1.54) is 0 Å². The molecule has 158 valence electrons. The van der Waals surface area contributed by atoms with Crippen molar-refractivity contribution in [2.45, 2.75) is 24.7 Å². The van der Waals surface area contributed by atoms with Crippen LogP contribution in [0.5, 0.6) is 0 Å². The van der Waals surface area contributed by atoms with Gasteiger partial charge in [0.05, 0.1) is 24.7 Å². The first-order chi connectivity index (χ1) is 13.9. The lowest BCUT2D eigenvalue weighted by molar-refractivity contribution is -0.136. The molecular weight excluding hydrogens is 407 g/mol. The molecule has 1 N–H and O–H groups in total. The van der Waals surface area contributed by atoms with E-state index in [4.69, 9.17) is 4.74 Å². The number of morpholine rings is 1. The molecule has 1 aromatic heterocycles. The molecule has 1 aliphatic rings. The summed E-state index contributed by atoms with van der Waals surface area (Å²) in [5.41, 5.74) is 1.96. The average molecular weight is 429 g/mol. The molecule has 1 aliphatic heterocycles. The molecule has 0 unspecified atom stereocenters. The topological polar surface area (TPSA) is 72.3 Å². The summed E-state index contributed by atoms with van der Waals surface area (Å²) >= 11 is 1.06. The Hall–Kier alpha value is -2.27. The summed E-state index contributed by atoms with van der Waals surface area (Å²) in [5.74, 6) is -0.267. The summed E-state index contributed by atoms with van der Waals surface area (Å²) in [6.07, 6.45) is -3.66. The van der Waals surface area contributed by atoms with E-state index >= 15 is 0 Å². The number of hydrogen-bond acceptors (Lipinski definition) is 6. The SMILES string of the molecule is CCc1ccccc1-n1c(SCC(=O)NCC(F)(F)F)nnc1N1CCOCC1. The predicted octanol–water partition coefficient (Wildman–Crippen LogP) is 2.44. The molecule has 29 heavy (non-hydrogen) atoms. The maximum absolute atomic E-state index is 12.3. The van der Waals surface area contributed by atoms with Crippen molar-refractivity contribution >= 4 is 23.6 Å². The summed E-state index contributed by atoms with van der Waals surface area (Å²) in [6.45, 7) is 3.15. The van der Waals surface area contributed by atoms with Gasteiger partial charge in [-0.2, -0.15) is 13.2 Å². The van der Waals surface area contributed by atoms with Crippen molar-refractivity contribution < 1.29 is 22.7 Å². The van der Waals surface area contributed by atoms with Gasteiger partial charge < -0.3 is 15.0 Å². The second kappa shape index (κ2) is 9.49. The first-order valence-corrected chi connectivity index (χ1v) is 10.2. The summed E-state index contributed by atoms with van der Waals surface area (Å²) < 4.78 is 44.2. The van der Waals surface area contributed by atoms with Gasteiger partial charge in [0, 0.05) is 13.1 Å². The van der Waals surface area contributed by atoms with E-state index < -0.39 is 18.6 Å². The van der Waals surface area contributed by atoms with Crippen molar-refractivity contribution in [3.05, 3.63) is 29.8 Å². The molecule has 0 radical (unpaired) electrons. The van der Waals surface area contributed by atoms with Crippen LogP contribution in [0.1, 0.15) is 12.5 Å². The number of rotatable bonds is 7. The van der Waals surface area contributed by atoms with Gasteiger partial charge in [-0.15, -0.1) is 10.2 Å². The van der Waals surface area contributed by atoms with E-state index in [0.717, 1.165) is 29.4 Å². The molecule has 1 saturated heterocycles. The van der Waals surface area contributed by atoms with Gasteiger partial charge >= 0.3 is 6.18 Å². The number of nitrogens with zero attached hydrogens (tertiary/aromatic N) is 4. The molecule has 1 fully saturated rings. The number of nitrogens with one attached hydrogen (secondary N) is 1. The van der Waals surface area contributed by atoms with Gasteiger partial charge in [-0.05, 0) is 18.1 Å². The Balaban J connectivity index is 1.85. The average Bonchev–Trinajstić information content (AvgIpc) is 3.14. The van der Waals surface area contributed by atoms with Crippen molar-refractivity contribution in [1.82, 2.24) is 20.1 Å². The van der Waals surface area contributed by atoms with Crippen molar-refractivity contribution in [2.24, 2.45) is 0 Å². The number of alkyl halides is 3. The van der Waals surface area contributed by atoms with Crippen LogP contribution in [0.15, 0.2) is 29.4 Å². The number of carbonyl (C=O) groups is 1. The lowest BCUT2D eigenvalue weighted by Crippen LogP contribution is -2.38. The van der Waals surface area contributed by atoms with Crippen LogP contribution in [-0.2, 0) is 16.0 Å². The standard InChI is InChI=1S/C18H22F3N5O2S/c1-2-13-5-3-4-6-14(13)26-16(25-7-9-28-10-8-25)23-24-17(26)29-11-15(27)22-12-18(19,20)21/h3-6H,2,7-12H2,1H3,(H,22,27). The molecule has 11 heteroatoms. The monoisotopic (exact) mass is 429 g/mol. The summed E-state index contributed by atoms with van der Waals surface area (Å²) in [5, 5.41) is 10.8. The maximum atomic E-state index is 12.3. The van der Waals surface area contributed by atoms with Crippen molar-refractivity contribution in [1.29, 1.82) is 0 Å². The Morgan fingerprint density at radius 3 is 2.66 bits per heavy atom. The smallest absolute Gasteiger partial charge is 0.378 e. The molecule has 0 bridgehead atoms. The quantitative estimate of drug-likeness (QED) is 0.682. The number of para-hydroxylation sites is 1. The van der Waals surface area contributed by atoms with Gasteiger partial charge in [0.1, 0.15) is 6.54 Å². The molecule has 0 atom stereocenters. The Labute approximate surface area is 170 Å². The Morgan fingerprint density at radius 1 is 1.24 bits per heavy atom. The first kappa shape index (κ1) is 21.4. The normalized spacial score (nSPS) is 14.8. The van der Waals surface area contributed by atoms with Crippen molar-refractivity contribution in [2.75, 3.05) is 43.5 Å². The Bertz CT molecular complexity index is 837. The highest BCUT2D eigenvalue weighted by atomic mass is 32.2. The van der Waals surface area contributed by atoms with E-state index in [-0.39, 0.29) is 5.75 Å². The van der Waals surface area contributed by atoms with Crippen LogP contribution in [0.4, 0.5) is 19.1 Å². The van der Waals surface area contributed by atoms with Crippen LogP contribution < -0.4 is 10.2 Å². The van der Waals surface area contributed by atoms with E-state index in [1.807, 2.05) is 41.1 Å².